The maximum Gasteiger partial charge on any atom is 1.00 e. The van der Waals surface area contributed by atoms with Crippen molar-refractivity contribution >= 4 is 0 Å². The SMILES string of the molecule is C1CCCCC1.CC(C)[N-]C(C)C.[Li+]. The van der Waals surface area contributed by atoms with Gasteiger partial charge in [-0.3, -0.25) is 0 Å². The van der Waals surface area contributed by atoms with Crippen LogP contribution in [0.5, 0.6) is 0 Å². The molecule has 0 aromatic carbocycles. The summed E-state index contributed by atoms with van der Waals surface area (Å²) in [6.45, 7) is 8.39. The zero-order valence-corrected chi connectivity index (χ0v) is 10.8. The molecule has 80 valence electrons. The van der Waals surface area contributed by atoms with Crippen molar-refractivity contribution in [2.75, 3.05) is 0 Å². The number of hydrogen-bond donors (Lipinski definition) is 0. The molecule has 1 aliphatic rings. The summed E-state index contributed by atoms with van der Waals surface area (Å²) in [6.07, 6.45) is 9.00. The van der Waals surface area contributed by atoms with Gasteiger partial charge in [0.15, 0.2) is 0 Å². The van der Waals surface area contributed by atoms with E-state index in [0.717, 1.165) is 0 Å². The van der Waals surface area contributed by atoms with Crippen molar-refractivity contribution in [3.63, 3.8) is 0 Å². The molecule has 2 heteroatoms. The summed E-state index contributed by atoms with van der Waals surface area (Å²) in [5.74, 6) is 0. The maximum absolute atomic E-state index is 4.28. The van der Waals surface area contributed by atoms with Gasteiger partial charge >= 0.3 is 18.9 Å². The first kappa shape index (κ1) is 17.0. The number of rotatable bonds is 2. The Bertz CT molecular complexity index is 81.0. The molecular weight excluding hydrogens is 165 g/mol. The molecule has 1 nitrogen and oxygen atoms in total. The molecule has 0 aliphatic heterocycles. The quantitative estimate of drug-likeness (QED) is 0.588. The zero-order chi connectivity index (χ0) is 10.1. The van der Waals surface area contributed by atoms with Crippen LogP contribution in [-0.4, -0.2) is 12.1 Å². The Labute approximate surface area is 103 Å². The van der Waals surface area contributed by atoms with Crippen LogP contribution in [0.1, 0.15) is 66.2 Å². The van der Waals surface area contributed by atoms with Gasteiger partial charge in [-0.1, -0.05) is 66.2 Å². The summed E-state index contributed by atoms with van der Waals surface area (Å²) in [4.78, 5) is 0. The molecule has 0 radical (unpaired) electrons. The van der Waals surface area contributed by atoms with Crippen molar-refractivity contribution in [1.29, 1.82) is 0 Å². The monoisotopic (exact) mass is 191 g/mol. The van der Waals surface area contributed by atoms with E-state index in [-0.39, 0.29) is 18.9 Å². The number of nitrogens with zero attached hydrogens (tertiary/aromatic N) is 1. The molecule has 0 aromatic heterocycles. The smallest absolute Gasteiger partial charge is 0.658 e. The summed E-state index contributed by atoms with van der Waals surface area (Å²) < 4.78 is 0. The van der Waals surface area contributed by atoms with Crippen molar-refractivity contribution < 1.29 is 18.9 Å². The van der Waals surface area contributed by atoms with Crippen LogP contribution in [0.15, 0.2) is 0 Å². The standard InChI is InChI=1S/C6H14N.C6H12.Li/c1-5(2)7-6(3)4;1-2-4-6-5-3-1;/h5-6H,1-4H3;1-6H2;/q-1;;+1. The van der Waals surface area contributed by atoms with E-state index in [1.54, 1.807) is 0 Å². The predicted molar refractivity (Wildman–Crippen MR) is 61.3 cm³/mol. The molecule has 14 heavy (non-hydrogen) atoms. The third-order valence-electron chi connectivity index (χ3n) is 2.10. The van der Waals surface area contributed by atoms with Crippen LogP contribution in [-0.2, 0) is 0 Å². The van der Waals surface area contributed by atoms with Crippen molar-refractivity contribution in [1.82, 2.24) is 0 Å². The molecule has 0 heterocycles. The van der Waals surface area contributed by atoms with Gasteiger partial charge in [0.2, 0.25) is 0 Å². The van der Waals surface area contributed by atoms with Crippen LogP contribution < -0.4 is 18.9 Å². The first-order valence-electron chi connectivity index (χ1n) is 5.83. The van der Waals surface area contributed by atoms with Crippen molar-refractivity contribution in [3.05, 3.63) is 5.32 Å². The van der Waals surface area contributed by atoms with Gasteiger partial charge in [0, 0.05) is 0 Å². The zero-order valence-electron chi connectivity index (χ0n) is 10.8. The molecule has 1 saturated carbocycles. The van der Waals surface area contributed by atoms with E-state index in [9.17, 15) is 0 Å². The third-order valence-corrected chi connectivity index (χ3v) is 2.10. The predicted octanol–water partition coefficient (Wildman–Crippen LogP) is 1.52. The Morgan fingerprint density at radius 1 is 0.643 bits per heavy atom. The Morgan fingerprint density at radius 2 is 0.857 bits per heavy atom. The fourth-order valence-corrected chi connectivity index (χ4v) is 1.66. The minimum atomic E-state index is 0. The van der Waals surface area contributed by atoms with Crippen LogP contribution in [0.3, 0.4) is 0 Å². The van der Waals surface area contributed by atoms with E-state index in [1.807, 2.05) is 0 Å². The Morgan fingerprint density at radius 3 is 0.929 bits per heavy atom. The van der Waals surface area contributed by atoms with E-state index in [4.69, 9.17) is 0 Å². The maximum atomic E-state index is 4.28. The summed E-state index contributed by atoms with van der Waals surface area (Å²) in [7, 11) is 0. The molecule has 0 atom stereocenters. The van der Waals surface area contributed by atoms with Gasteiger partial charge in [0.05, 0.1) is 0 Å². The van der Waals surface area contributed by atoms with E-state index >= 15 is 0 Å². The van der Waals surface area contributed by atoms with Crippen LogP contribution in [0, 0.1) is 0 Å². The van der Waals surface area contributed by atoms with Crippen molar-refractivity contribution in [3.8, 4) is 0 Å². The fourth-order valence-electron chi connectivity index (χ4n) is 1.66. The van der Waals surface area contributed by atoms with E-state index < -0.39 is 0 Å². The molecule has 0 bridgehead atoms. The van der Waals surface area contributed by atoms with Crippen LogP contribution in [0.2, 0.25) is 0 Å². The van der Waals surface area contributed by atoms with Crippen LogP contribution in [0.25, 0.3) is 5.32 Å². The van der Waals surface area contributed by atoms with Gasteiger partial charge in [-0.15, -0.1) is 12.1 Å². The van der Waals surface area contributed by atoms with Gasteiger partial charge in [-0.05, 0) is 0 Å². The first-order chi connectivity index (χ1) is 6.13. The molecule has 0 aromatic rings. The summed E-state index contributed by atoms with van der Waals surface area (Å²) in [6, 6.07) is 1.000. The van der Waals surface area contributed by atoms with Gasteiger partial charge in [0.25, 0.3) is 0 Å². The van der Waals surface area contributed by atoms with Crippen LogP contribution >= 0.6 is 0 Å². The molecular formula is C12H26LiN. The topological polar surface area (TPSA) is 14.1 Å². The summed E-state index contributed by atoms with van der Waals surface area (Å²) >= 11 is 0. The van der Waals surface area contributed by atoms with E-state index in [0.29, 0.717) is 12.1 Å². The van der Waals surface area contributed by atoms with E-state index in [2.05, 4.69) is 33.0 Å². The minimum Gasteiger partial charge on any atom is -0.658 e. The normalized spacial score (nSPS) is 15.9. The largest absolute Gasteiger partial charge is 1.00 e. The van der Waals surface area contributed by atoms with Gasteiger partial charge in [-0.2, -0.15) is 0 Å². The second kappa shape index (κ2) is 11.6. The second-order valence-corrected chi connectivity index (χ2v) is 4.46. The summed E-state index contributed by atoms with van der Waals surface area (Å²) in [5, 5.41) is 4.28. The second-order valence-electron chi connectivity index (χ2n) is 4.46. The van der Waals surface area contributed by atoms with Gasteiger partial charge in [0.1, 0.15) is 0 Å². The van der Waals surface area contributed by atoms with Crippen LogP contribution in [0.4, 0.5) is 0 Å². The van der Waals surface area contributed by atoms with Gasteiger partial charge in [-0.25, -0.2) is 0 Å². The Balaban J connectivity index is 0. The average molecular weight is 191 g/mol. The molecule has 1 rings (SSSR count). The van der Waals surface area contributed by atoms with Gasteiger partial charge < -0.3 is 5.32 Å². The fraction of sp³-hybridized carbons (Fsp3) is 1.00. The van der Waals surface area contributed by atoms with Crippen molar-refractivity contribution in [2.24, 2.45) is 0 Å². The first-order valence-corrected chi connectivity index (χ1v) is 5.83. The molecule has 0 amide bonds. The molecule has 1 aliphatic carbocycles. The summed E-state index contributed by atoms with van der Waals surface area (Å²) in [5.41, 5.74) is 0. The Hall–Kier alpha value is 0.557. The van der Waals surface area contributed by atoms with E-state index in [1.165, 1.54) is 38.5 Å². The molecule has 0 saturated heterocycles. The molecule has 0 N–H and O–H groups in total. The number of hydrogen-bond acceptors (Lipinski definition) is 0. The third kappa shape index (κ3) is 15.0. The average Bonchev–Trinajstić information content (AvgIpc) is 2.06. The molecule has 1 fully saturated rings. The molecule has 0 spiro atoms. The Kier molecular flexibility index (Phi) is 14.1. The minimum absolute atomic E-state index is 0. The van der Waals surface area contributed by atoms with Crippen molar-refractivity contribution in [2.45, 2.75) is 78.3 Å². The molecule has 0 unspecified atom stereocenters.